The van der Waals surface area contributed by atoms with Crippen LogP contribution < -0.4 is 15.4 Å². The minimum Gasteiger partial charge on any atom is -0.497 e. The lowest BCUT2D eigenvalue weighted by molar-refractivity contribution is -0.125. The smallest absolute Gasteiger partial charge is 0.222 e. The second-order valence-electron chi connectivity index (χ2n) is 6.35. The third-order valence-corrected chi connectivity index (χ3v) is 4.90. The van der Waals surface area contributed by atoms with Crippen molar-refractivity contribution in [3.8, 4) is 5.75 Å². The Labute approximate surface area is 158 Å². The molecule has 0 fully saturated rings. The molecule has 2 N–H and O–H groups in total. The first kappa shape index (κ1) is 18.5. The molecule has 0 saturated carbocycles. The lowest BCUT2D eigenvalue weighted by Crippen LogP contribution is -2.41. The molecule has 1 aliphatic rings. The average molecular weight is 370 g/mol. The second-order valence-corrected chi connectivity index (χ2v) is 6.79. The molecule has 6 heteroatoms. The van der Waals surface area contributed by atoms with Gasteiger partial charge < -0.3 is 15.4 Å². The Morgan fingerprint density at radius 1 is 1.23 bits per heavy atom. The van der Waals surface area contributed by atoms with Crippen molar-refractivity contribution in [3.05, 3.63) is 65.2 Å². The van der Waals surface area contributed by atoms with E-state index in [9.17, 15) is 9.59 Å². The maximum absolute atomic E-state index is 12.5. The van der Waals surface area contributed by atoms with E-state index < -0.39 is 6.04 Å². The van der Waals surface area contributed by atoms with Crippen molar-refractivity contribution in [2.24, 2.45) is 0 Å². The molecule has 136 valence electrons. The fourth-order valence-electron chi connectivity index (χ4n) is 3.20. The summed E-state index contributed by atoms with van der Waals surface area (Å²) in [5, 5.41) is 5.80. The Bertz CT molecular complexity index is 792. The summed E-state index contributed by atoms with van der Waals surface area (Å²) >= 11 is 3.94. The van der Waals surface area contributed by atoms with E-state index in [2.05, 4.69) is 29.3 Å². The molecule has 0 aliphatic carbocycles. The average Bonchev–Trinajstić information content (AvgIpc) is 3.04. The van der Waals surface area contributed by atoms with Crippen LogP contribution in [0.3, 0.4) is 0 Å². The van der Waals surface area contributed by atoms with Crippen molar-refractivity contribution in [2.75, 3.05) is 7.11 Å². The van der Waals surface area contributed by atoms with Gasteiger partial charge in [-0.15, -0.1) is 12.6 Å². The molecule has 0 saturated heterocycles. The van der Waals surface area contributed by atoms with Gasteiger partial charge in [0.1, 0.15) is 11.8 Å². The topological polar surface area (TPSA) is 67.4 Å². The van der Waals surface area contributed by atoms with Crippen molar-refractivity contribution in [1.29, 1.82) is 0 Å². The third-order valence-electron chi connectivity index (χ3n) is 4.59. The Morgan fingerprint density at radius 2 is 1.96 bits per heavy atom. The molecule has 26 heavy (non-hydrogen) atoms. The van der Waals surface area contributed by atoms with Gasteiger partial charge in [0, 0.05) is 25.4 Å². The SMILES string of the molecule is COc1ccc(CC(NC(=O)CC2NCc3ccccc32)C(=O)S)cc1. The molecule has 3 rings (SSSR count). The molecule has 1 aliphatic heterocycles. The van der Waals surface area contributed by atoms with E-state index in [1.807, 2.05) is 42.5 Å². The Morgan fingerprint density at radius 3 is 2.65 bits per heavy atom. The van der Waals surface area contributed by atoms with Crippen molar-refractivity contribution in [2.45, 2.75) is 31.5 Å². The van der Waals surface area contributed by atoms with Crippen molar-refractivity contribution in [1.82, 2.24) is 10.6 Å². The van der Waals surface area contributed by atoms with Gasteiger partial charge in [-0.2, -0.15) is 0 Å². The zero-order chi connectivity index (χ0) is 18.5. The summed E-state index contributed by atoms with van der Waals surface area (Å²) in [4.78, 5) is 24.3. The summed E-state index contributed by atoms with van der Waals surface area (Å²) in [6.45, 7) is 0.759. The zero-order valence-corrected chi connectivity index (χ0v) is 15.5. The van der Waals surface area contributed by atoms with Crippen LogP contribution in [-0.4, -0.2) is 24.2 Å². The van der Waals surface area contributed by atoms with Crippen LogP contribution >= 0.6 is 12.6 Å². The molecular formula is C20H22N2O3S. The molecule has 1 heterocycles. The molecule has 1 amide bonds. The van der Waals surface area contributed by atoms with Crippen LogP contribution in [0.2, 0.25) is 0 Å². The highest BCUT2D eigenvalue weighted by molar-refractivity contribution is 7.96. The Kier molecular flexibility index (Phi) is 5.96. The van der Waals surface area contributed by atoms with Crippen molar-refractivity contribution in [3.63, 3.8) is 0 Å². The first-order chi connectivity index (χ1) is 12.6. The van der Waals surface area contributed by atoms with Gasteiger partial charge in [-0.05, 0) is 28.8 Å². The lowest BCUT2D eigenvalue weighted by atomic mass is 10.0. The monoisotopic (exact) mass is 370 g/mol. The van der Waals surface area contributed by atoms with E-state index >= 15 is 0 Å². The van der Waals surface area contributed by atoms with Gasteiger partial charge in [0.25, 0.3) is 0 Å². The molecule has 2 unspecified atom stereocenters. The minimum absolute atomic E-state index is 0.0251. The molecule has 0 bridgehead atoms. The van der Waals surface area contributed by atoms with Gasteiger partial charge in [-0.1, -0.05) is 36.4 Å². The number of ether oxygens (including phenoxy) is 1. The van der Waals surface area contributed by atoms with Gasteiger partial charge in [0.05, 0.1) is 7.11 Å². The molecule has 2 atom stereocenters. The van der Waals surface area contributed by atoms with E-state index in [0.29, 0.717) is 6.42 Å². The minimum atomic E-state index is -0.657. The number of amides is 1. The number of hydrogen-bond acceptors (Lipinski definition) is 4. The van der Waals surface area contributed by atoms with E-state index in [1.165, 1.54) is 5.56 Å². The third kappa shape index (κ3) is 4.45. The molecule has 0 radical (unpaired) electrons. The second kappa shape index (κ2) is 8.38. The van der Waals surface area contributed by atoms with Gasteiger partial charge >= 0.3 is 0 Å². The number of thiol groups is 1. The van der Waals surface area contributed by atoms with Gasteiger partial charge in [0.2, 0.25) is 11.0 Å². The number of rotatable bonds is 7. The van der Waals surface area contributed by atoms with Crippen molar-refractivity contribution >= 4 is 23.7 Å². The first-order valence-electron chi connectivity index (χ1n) is 8.53. The fourth-order valence-corrected chi connectivity index (χ4v) is 3.35. The highest BCUT2D eigenvalue weighted by atomic mass is 32.1. The van der Waals surface area contributed by atoms with E-state index in [1.54, 1.807) is 7.11 Å². The highest BCUT2D eigenvalue weighted by Crippen LogP contribution is 2.27. The molecule has 2 aromatic carbocycles. The number of methoxy groups -OCH3 is 1. The van der Waals surface area contributed by atoms with Gasteiger partial charge in [0.15, 0.2) is 0 Å². The largest absolute Gasteiger partial charge is 0.497 e. The summed E-state index contributed by atoms with van der Waals surface area (Å²) in [7, 11) is 1.60. The van der Waals surface area contributed by atoms with E-state index in [4.69, 9.17) is 4.74 Å². The molecular weight excluding hydrogens is 348 g/mol. The summed E-state index contributed by atoms with van der Waals surface area (Å²) < 4.78 is 5.13. The number of carbonyl (C=O) groups is 2. The standard InChI is InChI=1S/C20H22N2O3S/c1-25-15-8-6-13(7-9-15)10-18(20(24)26)22-19(23)11-17-16-5-3-2-4-14(16)12-21-17/h2-9,17-18,21H,10-12H2,1H3,(H,22,23)(H,24,26). The van der Waals surface area contributed by atoms with Crippen LogP contribution in [-0.2, 0) is 22.6 Å². The molecule has 5 nitrogen and oxygen atoms in total. The fraction of sp³-hybridized carbons (Fsp3) is 0.300. The molecule has 0 spiro atoms. The Hall–Kier alpha value is -2.31. The van der Waals surface area contributed by atoms with Gasteiger partial charge in [-0.3, -0.25) is 9.59 Å². The number of benzene rings is 2. The van der Waals surface area contributed by atoms with Crippen LogP contribution in [0, 0.1) is 0 Å². The predicted molar refractivity (Wildman–Crippen MR) is 103 cm³/mol. The summed E-state index contributed by atoms with van der Waals surface area (Å²) in [6.07, 6.45) is 0.684. The maximum atomic E-state index is 12.5. The molecule has 0 aromatic heterocycles. The van der Waals surface area contributed by atoms with Crippen LogP contribution in [0.4, 0.5) is 0 Å². The quantitative estimate of drug-likeness (QED) is 0.655. The van der Waals surface area contributed by atoms with Crippen LogP contribution in [0.1, 0.15) is 29.2 Å². The van der Waals surface area contributed by atoms with E-state index in [0.717, 1.165) is 23.4 Å². The van der Waals surface area contributed by atoms with Crippen LogP contribution in [0.25, 0.3) is 0 Å². The zero-order valence-electron chi connectivity index (χ0n) is 14.6. The predicted octanol–water partition coefficient (Wildman–Crippen LogP) is 2.41. The lowest BCUT2D eigenvalue weighted by Gasteiger charge is -2.18. The van der Waals surface area contributed by atoms with Crippen LogP contribution in [0.5, 0.6) is 5.75 Å². The number of nitrogens with one attached hydrogen (secondary N) is 2. The van der Waals surface area contributed by atoms with Crippen molar-refractivity contribution < 1.29 is 14.3 Å². The number of carbonyl (C=O) groups excluding carboxylic acids is 2. The number of hydrogen-bond donors (Lipinski definition) is 3. The first-order valence-corrected chi connectivity index (χ1v) is 8.98. The summed E-state index contributed by atoms with van der Waals surface area (Å²) in [5.41, 5.74) is 3.29. The number of fused-ring (bicyclic) bond motifs is 1. The summed E-state index contributed by atoms with van der Waals surface area (Å²) in [5.74, 6) is 0.581. The van der Waals surface area contributed by atoms with Gasteiger partial charge in [-0.25, -0.2) is 0 Å². The Balaban J connectivity index is 1.61. The normalized spacial score (nSPS) is 16.6. The maximum Gasteiger partial charge on any atom is 0.222 e. The van der Waals surface area contributed by atoms with E-state index in [-0.39, 0.29) is 23.5 Å². The van der Waals surface area contributed by atoms with Crippen LogP contribution in [0.15, 0.2) is 48.5 Å². The molecule has 2 aromatic rings. The summed E-state index contributed by atoms with van der Waals surface area (Å²) in [6, 6.07) is 14.8. The highest BCUT2D eigenvalue weighted by Gasteiger charge is 2.25.